The van der Waals surface area contributed by atoms with Gasteiger partial charge in [0.05, 0.1) is 15.0 Å². The minimum Gasteiger partial charge on any atom is -0.309 e. The average Bonchev–Trinajstić information content (AvgIpc) is 2.24. The van der Waals surface area contributed by atoms with E-state index in [2.05, 4.69) is 60.3 Å². The Morgan fingerprint density at radius 2 is 1.94 bits per heavy atom. The van der Waals surface area contributed by atoms with Crippen molar-refractivity contribution < 1.29 is 0 Å². The number of halogens is 1. The van der Waals surface area contributed by atoms with E-state index in [0.29, 0.717) is 11.8 Å². The number of aromatic amines is 1. The summed E-state index contributed by atoms with van der Waals surface area (Å²) < 4.78 is 0.735. The van der Waals surface area contributed by atoms with Gasteiger partial charge in [-0.1, -0.05) is 27.7 Å². The molecule has 0 fully saturated rings. The van der Waals surface area contributed by atoms with Crippen molar-refractivity contribution in [2.75, 3.05) is 5.75 Å². The maximum Gasteiger partial charge on any atom is 0.264 e. The SMILES string of the molecule is CC(C)CSCc1nc(CC(C)C)c(I)c(=O)[nH]1. The number of hydrogen-bond acceptors (Lipinski definition) is 3. The van der Waals surface area contributed by atoms with Crippen LogP contribution in [0.1, 0.15) is 39.2 Å². The molecule has 1 aromatic heterocycles. The van der Waals surface area contributed by atoms with Crippen LogP contribution in [0, 0.1) is 15.4 Å². The highest BCUT2D eigenvalue weighted by Crippen LogP contribution is 2.15. The Balaban J connectivity index is 2.80. The number of thioether (sulfide) groups is 1. The maximum absolute atomic E-state index is 11.8. The summed E-state index contributed by atoms with van der Waals surface area (Å²) >= 11 is 3.91. The summed E-state index contributed by atoms with van der Waals surface area (Å²) in [7, 11) is 0. The molecule has 1 rings (SSSR count). The molecule has 1 N–H and O–H groups in total. The van der Waals surface area contributed by atoms with Crippen LogP contribution in [0.2, 0.25) is 0 Å². The summed E-state index contributed by atoms with van der Waals surface area (Å²) in [4.78, 5) is 19.3. The van der Waals surface area contributed by atoms with Crippen molar-refractivity contribution in [2.24, 2.45) is 11.8 Å². The molecule has 1 aromatic rings. The Morgan fingerprint density at radius 3 is 2.50 bits per heavy atom. The topological polar surface area (TPSA) is 45.8 Å². The third-order valence-corrected chi connectivity index (χ3v) is 4.76. The van der Waals surface area contributed by atoms with Crippen LogP contribution in [-0.2, 0) is 12.2 Å². The third-order valence-electron chi connectivity index (χ3n) is 2.27. The standard InChI is InChI=1S/C13H21IN2OS/c1-8(2)5-10-12(14)13(17)16-11(15-10)7-18-6-9(3)4/h8-9H,5-7H2,1-4H3,(H,15,16,17). The molecule has 0 aliphatic heterocycles. The van der Waals surface area contributed by atoms with Crippen LogP contribution < -0.4 is 5.56 Å². The van der Waals surface area contributed by atoms with Gasteiger partial charge >= 0.3 is 0 Å². The number of hydrogen-bond donors (Lipinski definition) is 1. The van der Waals surface area contributed by atoms with Crippen molar-refractivity contribution in [3.63, 3.8) is 0 Å². The lowest BCUT2D eigenvalue weighted by atomic mass is 10.1. The summed E-state index contributed by atoms with van der Waals surface area (Å²) in [6, 6.07) is 0. The first-order valence-electron chi connectivity index (χ1n) is 6.25. The van der Waals surface area contributed by atoms with Crippen molar-refractivity contribution in [2.45, 2.75) is 39.9 Å². The zero-order chi connectivity index (χ0) is 13.7. The van der Waals surface area contributed by atoms with Crippen molar-refractivity contribution >= 4 is 34.4 Å². The molecule has 102 valence electrons. The van der Waals surface area contributed by atoms with Crippen molar-refractivity contribution in [3.05, 3.63) is 25.4 Å². The lowest BCUT2D eigenvalue weighted by molar-refractivity contribution is 0.627. The lowest BCUT2D eigenvalue weighted by Crippen LogP contribution is -2.19. The Bertz CT molecular complexity index is 443. The molecule has 5 heteroatoms. The van der Waals surface area contributed by atoms with E-state index in [4.69, 9.17) is 0 Å². The van der Waals surface area contributed by atoms with Crippen LogP contribution in [0.3, 0.4) is 0 Å². The van der Waals surface area contributed by atoms with Crippen molar-refractivity contribution in [3.8, 4) is 0 Å². The number of nitrogens with zero attached hydrogens (tertiary/aromatic N) is 1. The highest BCUT2D eigenvalue weighted by atomic mass is 127. The van der Waals surface area contributed by atoms with Crippen LogP contribution in [-0.4, -0.2) is 15.7 Å². The van der Waals surface area contributed by atoms with Gasteiger partial charge in [-0.2, -0.15) is 11.8 Å². The van der Waals surface area contributed by atoms with Gasteiger partial charge in [0.25, 0.3) is 5.56 Å². The van der Waals surface area contributed by atoms with Gasteiger partial charge in [0.2, 0.25) is 0 Å². The summed E-state index contributed by atoms with van der Waals surface area (Å²) in [5.74, 6) is 3.87. The Hall–Kier alpha value is -0.0400. The summed E-state index contributed by atoms with van der Waals surface area (Å²) in [5, 5.41) is 0. The highest BCUT2D eigenvalue weighted by molar-refractivity contribution is 14.1. The largest absolute Gasteiger partial charge is 0.309 e. The van der Waals surface area contributed by atoms with Gasteiger partial charge in [0.1, 0.15) is 5.82 Å². The Kier molecular flexibility index (Phi) is 6.70. The molecule has 0 spiro atoms. The average molecular weight is 380 g/mol. The van der Waals surface area contributed by atoms with Gasteiger partial charge in [-0.15, -0.1) is 0 Å². The molecule has 0 aliphatic carbocycles. The van der Waals surface area contributed by atoms with Gasteiger partial charge < -0.3 is 4.98 Å². The fraction of sp³-hybridized carbons (Fsp3) is 0.692. The molecule has 0 unspecified atom stereocenters. The molecular formula is C13H21IN2OS. The number of aromatic nitrogens is 2. The van der Waals surface area contributed by atoms with Gasteiger partial charge in [-0.25, -0.2) is 4.98 Å². The third kappa shape index (κ3) is 5.30. The number of H-pyrrole nitrogens is 1. The van der Waals surface area contributed by atoms with E-state index in [9.17, 15) is 4.79 Å². The molecule has 0 saturated heterocycles. The summed E-state index contributed by atoms with van der Waals surface area (Å²) in [6.45, 7) is 8.68. The zero-order valence-electron chi connectivity index (χ0n) is 11.4. The van der Waals surface area contributed by atoms with Crippen LogP contribution in [0.5, 0.6) is 0 Å². The highest BCUT2D eigenvalue weighted by Gasteiger charge is 2.10. The molecule has 18 heavy (non-hydrogen) atoms. The van der Waals surface area contributed by atoms with Gasteiger partial charge in [0, 0.05) is 0 Å². The molecule has 0 radical (unpaired) electrons. The molecule has 0 amide bonds. The second-order valence-electron chi connectivity index (χ2n) is 5.28. The lowest BCUT2D eigenvalue weighted by Gasteiger charge is -2.09. The van der Waals surface area contributed by atoms with Crippen LogP contribution >= 0.6 is 34.4 Å². The first kappa shape index (κ1) is 16.0. The van der Waals surface area contributed by atoms with E-state index in [1.807, 2.05) is 11.8 Å². The normalized spacial score (nSPS) is 11.5. The molecule has 0 bridgehead atoms. The van der Waals surface area contributed by atoms with E-state index in [1.54, 1.807) is 0 Å². The van der Waals surface area contributed by atoms with Crippen molar-refractivity contribution in [1.82, 2.24) is 9.97 Å². The van der Waals surface area contributed by atoms with Gasteiger partial charge in [0.15, 0.2) is 0 Å². The predicted octanol–water partition coefficient (Wildman–Crippen LogP) is 3.46. The molecule has 0 aromatic carbocycles. The number of nitrogens with one attached hydrogen (secondary N) is 1. The van der Waals surface area contributed by atoms with Crippen LogP contribution in [0.25, 0.3) is 0 Å². The fourth-order valence-corrected chi connectivity index (χ4v) is 2.93. The fourth-order valence-electron chi connectivity index (χ4n) is 1.54. The van der Waals surface area contributed by atoms with Crippen LogP contribution in [0.4, 0.5) is 0 Å². The van der Waals surface area contributed by atoms with E-state index >= 15 is 0 Å². The Labute approximate surface area is 127 Å². The first-order chi connectivity index (χ1) is 8.40. The molecule has 1 heterocycles. The van der Waals surface area contributed by atoms with E-state index in [1.165, 1.54) is 0 Å². The summed E-state index contributed by atoms with van der Waals surface area (Å²) in [6.07, 6.45) is 0.865. The quantitative estimate of drug-likeness (QED) is 0.769. The van der Waals surface area contributed by atoms with Gasteiger partial charge in [-0.05, 0) is 46.6 Å². The zero-order valence-corrected chi connectivity index (χ0v) is 14.4. The maximum atomic E-state index is 11.8. The minimum atomic E-state index is 0.00129. The smallest absolute Gasteiger partial charge is 0.264 e. The van der Waals surface area contributed by atoms with Crippen LogP contribution in [0.15, 0.2) is 4.79 Å². The summed E-state index contributed by atoms with van der Waals surface area (Å²) in [5.41, 5.74) is 0.941. The molecule has 0 atom stereocenters. The van der Waals surface area contributed by atoms with E-state index in [0.717, 1.165) is 33.0 Å². The Morgan fingerprint density at radius 1 is 1.28 bits per heavy atom. The van der Waals surface area contributed by atoms with Gasteiger partial charge in [-0.3, -0.25) is 4.79 Å². The first-order valence-corrected chi connectivity index (χ1v) is 8.48. The predicted molar refractivity (Wildman–Crippen MR) is 87.1 cm³/mol. The molecular weight excluding hydrogens is 359 g/mol. The minimum absolute atomic E-state index is 0.00129. The van der Waals surface area contributed by atoms with Crippen molar-refractivity contribution in [1.29, 1.82) is 0 Å². The van der Waals surface area contributed by atoms with E-state index in [-0.39, 0.29) is 5.56 Å². The second-order valence-corrected chi connectivity index (χ2v) is 7.39. The molecule has 0 aliphatic rings. The molecule has 3 nitrogen and oxygen atoms in total. The van der Waals surface area contributed by atoms with E-state index < -0.39 is 0 Å². The monoisotopic (exact) mass is 380 g/mol. The number of rotatable bonds is 6. The molecule has 0 saturated carbocycles. The second kappa shape index (κ2) is 7.53.